The van der Waals surface area contributed by atoms with Gasteiger partial charge in [0.05, 0.1) is 24.5 Å². The minimum atomic E-state index is -0.537. The van der Waals surface area contributed by atoms with Crippen LogP contribution in [-0.2, 0) is 11.3 Å². The third-order valence-electron chi connectivity index (χ3n) is 7.24. The molecular weight excluding hydrogens is 523 g/mol. The molecule has 4 aromatic rings. The van der Waals surface area contributed by atoms with Crippen molar-refractivity contribution in [1.29, 1.82) is 0 Å². The van der Waals surface area contributed by atoms with Gasteiger partial charge in [0.2, 0.25) is 5.70 Å². The van der Waals surface area contributed by atoms with Gasteiger partial charge in [-0.15, -0.1) is 0 Å². The predicted molar refractivity (Wildman–Crippen MR) is 154 cm³/mol. The van der Waals surface area contributed by atoms with Gasteiger partial charge in [-0.1, -0.05) is 24.3 Å². The van der Waals surface area contributed by atoms with Gasteiger partial charge in [0, 0.05) is 23.7 Å². The summed E-state index contributed by atoms with van der Waals surface area (Å²) < 4.78 is 22.9. The van der Waals surface area contributed by atoms with Crippen molar-refractivity contribution in [3.63, 3.8) is 0 Å². The van der Waals surface area contributed by atoms with Crippen molar-refractivity contribution in [2.75, 3.05) is 19.3 Å². The van der Waals surface area contributed by atoms with Crippen molar-refractivity contribution in [3.8, 4) is 22.8 Å². The van der Waals surface area contributed by atoms with E-state index in [9.17, 15) is 4.79 Å². The Morgan fingerprint density at radius 2 is 2.02 bits per heavy atom. The molecule has 210 valence electrons. The van der Waals surface area contributed by atoms with Crippen LogP contribution in [0.2, 0.25) is 0 Å². The Morgan fingerprint density at radius 1 is 1.24 bits per heavy atom. The Bertz CT molecular complexity index is 1660. The molecule has 10 nitrogen and oxygen atoms in total. The Labute approximate surface area is 237 Å². The molecular formula is C30H31FN8O2. The molecule has 1 amide bonds. The van der Waals surface area contributed by atoms with E-state index in [1.807, 2.05) is 32.0 Å². The first-order chi connectivity index (χ1) is 19.7. The average Bonchev–Trinajstić information content (AvgIpc) is 3.58. The highest BCUT2D eigenvalue weighted by Gasteiger charge is 2.33. The van der Waals surface area contributed by atoms with Gasteiger partial charge in [-0.25, -0.2) is 23.9 Å². The van der Waals surface area contributed by atoms with Crippen LogP contribution in [0, 0.1) is 12.4 Å². The molecule has 3 heterocycles. The molecule has 2 aromatic carbocycles. The first kappa shape index (κ1) is 27.7. The summed E-state index contributed by atoms with van der Waals surface area (Å²) in [5, 5.41) is 8.24. The highest BCUT2D eigenvalue weighted by molar-refractivity contribution is 5.98. The van der Waals surface area contributed by atoms with Crippen molar-refractivity contribution in [3.05, 3.63) is 83.9 Å². The number of nitrogens with zero attached hydrogens (tertiary/aromatic N) is 6. The zero-order chi connectivity index (χ0) is 29.1. The lowest BCUT2D eigenvalue weighted by atomic mass is 10.0. The quantitative estimate of drug-likeness (QED) is 0.237. The molecule has 1 fully saturated rings. The number of carbonyl (C=O) groups excluding carboxylic acids is 1. The van der Waals surface area contributed by atoms with E-state index in [-0.39, 0.29) is 29.0 Å². The summed E-state index contributed by atoms with van der Waals surface area (Å²) in [4.78, 5) is 27.2. The molecule has 0 bridgehead atoms. The van der Waals surface area contributed by atoms with Gasteiger partial charge in [-0.2, -0.15) is 5.10 Å². The standard InChI is InChI=1S/C30H31FN8O2/c1-30(2,34-4)16-24(33-3)29(40)38-14-8-9-19(38)17-39-28-25(27(32)35-18-36-28)26(37-39)22-13-12-21(15-23(22)31)41-20-10-6-5-7-11-20/h5-7,10-13,15-16,18-19,34H,8-9,14,17H2,1-2,4H3,(H2,32,35,36)/b24-16-/t19-/m0/s1. The number of fused-ring (bicyclic) bond motifs is 1. The number of likely N-dealkylation sites (N-methyl/N-ethyl adjacent to an activating group) is 1. The fourth-order valence-electron chi connectivity index (χ4n) is 4.92. The van der Waals surface area contributed by atoms with E-state index in [1.165, 1.54) is 12.4 Å². The van der Waals surface area contributed by atoms with Crippen molar-refractivity contribution in [1.82, 2.24) is 30.0 Å². The fraction of sp³-hybridized carbons (Fsp3) is 0.300. The molecule has 0 spiro atoms. The minimum Gasteiger partial charge on any atom is -0.457 e. The number of carbonyl (C=O) groups is 1. The number of hydrogen-bond acceptors (Lipinski definition) is 7. The van der Waals surface area contributed by atoms with Crippen molar-refractivity contribution < 1.29 is 13.9 Å². The number of hydrogen-bond donors (Lipinski definition) is 2. The Balaban J connectivity index is 1.47. The van der Waals surface area contributed by atoms with E-state index in [1.54, 1.807) is 47.0 Å². The molecule has 0 saturated carbocycles. The zero-order valence-electron chi connectivity index (χ0n) is 23.1. The Kier molecular flexibility index (Phi) is 7.68. The normalized spacial score (nSPS) is 15.7. The van der Waals surface area contributed by atoms with Gasteiger partial charge in [0.25, 0.3) is 5.91 Å². The molecule has 11 heteroatoms. The SMILES string of the molecule is [C-]#[N+]/C(=C\C(C)(C)NC)C(=O)N1CCC[C@H]1Cn1nc(-c2ccc(Oc3ccccc3)cc2F)c2c(N)ncnc21. The molecule has 1 saturated heterocycles. The summed E-state index contributed by atoms with van der Waals surface area (Å²) in [5.74, 6) is 0.248. The summed E-state index contributed by atoms with van der Waals surface area (Å²) >= 11 is 0. The number of nitrogen functional groups attached to an aromatic ring is 1. The largest absolute Gasteiger partial charge is 0.457 e. The van der Waals surface area contributed by atoms with E-state index in [0.717, 1.165) is 12.8 Å². The summed E-state index contributed by atoms with van der Waals surface area (Å²) in [7, 11) is 1.78. The highest BCUT2D eigenvalue weighted by Crippen LogP contribution is 2.35. The maximum absolute atomic E-state index is 15.5. The predicted octanol–water partition coefficient (Wildman–Crippen LogP) is 4.80. The number of rotatable bonds is 8. The van der Waals surface area contributed by atoms with Gasteiger partial charge < -0.3 is 20.7 Å². The zero-order valence-corrected chi connectivity index (χ0v) is 23.1. The molecule has 1 atom stereocenters. The minimum absolute atomic E-state index is 0.0636. The van der Waals surface area contributed by atoms with Crippen LogP contribution < -0.4 is 15.8 Å². The highest BCUT2D eigenvalue weighted by atomic mass is 19.1. The third-order valence-corrected chi connectivity index (χ3v) is 7.24. The van der Waals surface area contributed by atoms with Crippen LogP contribution in [0.25, 0.3) is 27.1 Å². The third kappa shape index (κ3) is 5.73. The van der Waals surface area contributed by atoms with Gasteiger partial charge in [0.1, 0.15) is 35.2 Å². The average molecular weight is 555 g/mol. The molecule has 0 aliphatic carbocycles. The smallest absolute Gasteiger partial charge is 0.252 e. The van der Waals surface area contributed by atoms with Crippen LogP contribution in [0.3, 0.4) is 0 Å². The monoisotopic (exact) mass is 554 g/mol. The number of aromatic nitrogens is 4. The molecule has 0 radical (unpaired) electrons. The second kappa shape index (κ2) is 11.3. The van der Waals surface area contributed by atoms with Crippen molar-refractivity contribution in [2.24, 2.45) is 0 Å². The summed E-state index contributed by atoms with van der Waals surface area (Å²) in [6.45, 7) is 12.2. The van der Waals surface area contributed by atoms with Gasteiger partial charge in [0.15, 0.2) is 5.65 Å². The Morgan fingerprint density at radius 3 is 2.73 bits per heavy atom. The number of halogens is 1. The van der Waals surface area contributed by atoms with Crippen LogP contribution in [0.5, 0.6) is 11.5 Å². The van der Waals surface area contributed by atoms with Crippen LogP contribution >= 0.6 is 0 Å². The van der Waals surface area contributed by atoms with Crippen LogP contribution in [-0.4, -0.2) is 55.7 Å². The number of nitrogens with two attached hydrogens (primary N) is 1. The van der Waals surface area contributed by atoms with Crippen LogP contribution in [0.15, 0.2) is 66.6 Å². The van der Waals surface area contributed by atoms with E-state index in [4.69, 9.17) is 22.1 Å². The van der Waals surface area contributed by atoms with Crippen LogP contribution in [0.4, 0.5) is 10.2 Å². The molecule has 3 N–H and O–H groups in total. The maximum atomic E-state index is 15.5. The first-order valence-electron chi connectivity index (χ1n) is 13.3. The summed E-state index contributed by atoms with van der Waals surface area (Å²) in [6, 6.07) is 13.4. The number of benzene rings is 2. The number of likely N-dealkylation sites (tertiary alicyclic amines) is 1. The lowest BCUT2D eigenvalue weighted by Crippen LogP contribution is -2.40. The number of ether oxygens (including phenoxy) is 1. The van der Waals surface area contributed by atoms with Gasteiger partial charge in [-0.05, 0) is 58.0 Å². The molecule has 1 aliphatic heterocycles. The molecule has 0 unspecified atom stereocenters. The number of amides is 1. The van der Waals surface area contributed by atoms with Crippen molar-refractivity contribution in [2.45, 2.75) is 44.8 Å². The lowest BCUT2D eigenvalue weighted by molar-refractivity contribution is -0.127. The molecule has 41 heavy (non-hydrogen) atoms. The van der Waals surface area contributed by atoms with E-state index in [2.05, 4.69) is 20.1 Å². The lowest BCUT2D eigenvalue weighted by Gasteiger charge is -2.26. The van der Waals surface area contributed by atoms with E-state index in [0.29, 0.717) is 41.3 Å². The van der Waals surface area contributed by atoms with Crippen LogP contribution in [0.1, 0.15) is 26.7 Å². The number of nitrogens with one attached hydrogen (secondary N) is 1. The van der Waals surface area contributed by atoms with E-state index < -0.39 is 11.4 Å². The topological polar surface area (TPSA) is 116 Å². The molecule has 1 aliphatic rings. The van der Waals surface area contributed by atoms with Gasteiger partial charge >= 0.3 is 0 Å². The number of anilines is 1. The summed E-state index contributed by atoms with van der Waals surface area (Å²) in [6.07, 6.45) is 4.51. The maximum Gasteiger partial charge on any atom is 0.252 e. The second-order valence-corrected chi connectivity index (χ2v) is 10.5. The second-order valence-electron chi connectivity index (χ2n) is 10.5. The number of para-hydroxylation sites is 1. The molecule has 2 aromatic heterocycles. The van der Waals surface area contributed by atoms with Crippen molar-refractivity contribution >= 4 is 22.8 Å². The first-order valence-corrected chi connectivity index (χ1v) is 13.3. The van der Waals surface area contributed by atoms with Gasteiger partial charge in [-0.3, -0.25) is 4.79 Å². The molecule has 5 rings (SSSR count). The Hall–Kier alpha value is -4.82. The van der Waals surface area contributed by atoms with E-state index >= 15 is 4.39 Å². The summed E-state index contributed by atoms with van der Waals surface area (Å²) in [5.41, 5.74) is 6.75. The fourth-order valence-corrected chi connectivity index (χ4v) is 4.92.